The molecule has 1 aliphatic heterocycles. The summed E-state index contributed by atoms with van der Waals surface area (Å²) in [5.41, 5.74) is 1.27. The molecule has 3 heteroatoms. The smallest absolute Gasteiger partial charge is 0.124 e. The van der Waals surface area contributed by atoms with Crippen LogP contribution in [0.4, 0.5) is 0 Å². The van der Waals surface area contributed by atoms with Crippen molar-refractivity contribution in [2.24, 2.45) is 0 Å². The molecule has 0 aromatic heterocycles. The normalized spacial score (nSPS) is 20.0. The first-order valence-corrected chi connectivity index (χ1v) is 7.85. The molecule has 0 saturated carbocycles. The van der Waals surface area contributed by atoms with Gasteiger partial charge in [-0.2, -0.15) is 0 Å². The van der Waals surface area contributed by atoms with Gasteiger partial charge in [0, 0.05) is 18.2 Å². The van der Waals surface area contributed by atoms with Crippen molar-refractivity contribution in [2.45, 2.75) is 51.2 Å². The van der Waals surface area contributed by atoms with Crippen molar-refractivity contribution < 1.29 is 9.47 Å². The first-order chi connectivity index (χ1) is 9.85. The molecule has 1 aliphatic rings. The molecule has 0 amide bonds. The monoisotopic (exact) mass is 277 g/mol. The molecular formula is C17H27NO2. The summed E-state index contributed by atoms with van der Waals surface area (Å²) >= 11 is 0. The molecule has 1 heterocycles. The van der Waals surface area contributed by atoms with Crippen LogP contribution in [0.2, 0.25) is 0 Å². The molecule has 2 atom stereocenters. The molecule has 3 nitrogen and oxygen atoms in total. The van der Waals surface area contributed by atoms with E-state index in [1.54, 1.807) is 0 Å². The van der Waals surface area contributed by atoms with Crippen LogP contribution < -0.4 is 10.1 Å². The van der Waals surface area contributed by atoms with Crippen LogP contribution in [-0.2, 0) is 4.74 Å². The van der Waals surface area contributed by atoms with E-state index in [1.165, 1.54) is 18.4 Å². The van der Waals surface area contributed by atoms with Gasteiger partial charge in [-0.3, -0.25) is 0 Å². The van der Waals surface area contributed by atoms with Gasteiger partial charge in [-0.05, 0) is 45.2 Å². The Morgan fingerprint density at radius 1 is 1.40 bits per heavy atom. The maximum Gasteiger partial charge on any atom is 0.124 e. The Balaban J connectivity index is 1.98. The number of rotatable bonds is 8. The largest absolute Gasteiger partial charge is 0.493 e. The summed E-state index contributed by atoms with van der Waals surface area (Å²) in [5, 5.41) is 3.42. The Morgan fingerprint density at radius 2 is 2.25 bits per heavy atom. The van der Waals surface area contributed by atoms with Crippen LogP contribution in [0.15, 0.2) is 24.3 Å². The highest BCUT2D eigenvalue weighted by molar-refractivity contribution is 5.35. The molecule has 2 rings (SSSR count). The van der Waals surface area contributed by atoms with Gasteiger partial charge in [0.1, 0.15) is 5.75 Å². The van der Waals surface area contributed by atoms with Crippen molar-refractivity contribution in [2.75, 3.05) is 20.3 Å². The Hall–Kier alpha value is -1.06. The van der Waals surface area contributed by atoms with Crippen molar-refractivity contribution in [3.63, 3.8) is 0 Å². The third-order valence-electron chi connectivity index (χ3n) is 3.91. The summed E-state index contributed by atoms with van der Waals surface area (Å²) in [6, 6.07) is 8.71. The molecule has 0 radical (unpaired) electrons. The summed E-state index contributed by atoms with van der Waals surface area (Å²) in [7, 11) is 2.02. The second kappa shape index (κ2) is 8.28. The number of nitrogens with one attached hydrogen (secondary N) is 1. The topological polar surface area (TPSA) is 30.5 Å². The number of ether oxygens (including phenoxy) is 2. The molecule has 112 valence electrons. The lowest BCUT2D eigenvalue weighted by molar-refractivity contribution is 0.0997. The zero-order chi connectivity index (χ0) is 14.2. The van der Waals surface area contributed by atoms with E-state index in [0.717, 1.165) is 38.2 Å². The van der Waals surface area contributed by atoms with E-state index >= 15 is 0 Å². The minimum atomic E-state index is 0.340. The fraction of sp³-hybridized carbons (Fsp3) is 0.647. The predicted molar refractivity (Wildman–Crippen MR) is 82.2 cm³/mol. The van der Waals surface area contributed by atoms with Gasteiger partial charge < -0.3 is 14.8 Å². The van der Waals surface area contributed by atoms with Gasteiger partial charge in [-0.1, -0.05) is 25.1 Å². The third kappa shape index (κ3) is 4.22. The average Bonchev–Trinajstić information content (AvgIpc) is 3.00. The molecule has 1 saturated heterocycles. The minimum absolute atomic E-state index is 0.340. The standard InChI is InChI=1S/C17H27NO2/c1-3-12-20-17-9-5-4-8-15(17)16(18-2)11-10-14-7-6-13-19-14/h4-5,8-9,14,16,18H,3,6-7,10-13H2,1-2H3. The van der Waals surface area contributed by atoms with Gasteiger partial charge in [-0.25, -0.2) is 0 Å². The van der Waals surface area contributed by atoms with E-state index < -0.39 is 0 Å². The highest BCUT2D eigenvalue weighted by atomic mass is 16.5. The van der Waals surface area contributed by atoms with E-state index in [4.69, 9.17) is 9.47 Å². The number of para-hydroxylation sites is 1. The first-order valence-electron chi connectivity index (χ1n) is 7.85. The summed E-state index contributed by atoms with van der Waals surface area (Å²) in [6.07, 6.45) is 6.13. The number of hydrogen-bond donors (Lipinski definition) is 1. The van der Waals surface area contributed by atoms with Crippen molar-refractivity contribution in [3.05, 3.63) is 29.8 Å². The Morgan fingerprint density at radius 3 is 2.95 bits per heavy atom. The lowest BCUT2D eigenvalue weighted by Crippen LogP contribution is -2.19. The third-order valence-corrected chi connectivity index (χ3v) is 3.91. The average molecular weight is 277 g/mol. The van der Waals surface area contributed by atoms with Crippen LogP contribution in [0.3, 0.4) is 0 Å². The van der Waals surface area contributed by atoms with Crippen molar-refractivity contribution >= 4 is 0 Å². The summed E-state index contributed by atoms with van der Waals surface area (Å²) < 4.78 is 11.6. The van der Waals surface area contributed by atoms with Gasteiger partial charge in [0.2, 0.25) is 0 Å². The van der Waals surface area contributed by atoms with Crippen molar-refractivity contribution in [3.8, 4) is 5.75 Å². The van der Waals surface area contributed by atoms with Crippen LogP contribution in [0, 0.1) is 0 Å². The Bertz CT molecular complexity index is 388. The predicted octanol–water partition coefficient (Wildman–Crippen LogP) is 3.70. The molecule has 0 aliphatic carbocycles. The SMILES string of the molecule is CCCOc1ccccc1C(CCC1CCCO1)NC. The molecule has 1 fully saturated rings. The zero-order valence-electron chi connectivity index (χ0n) is 12.7. The molecule has 1 aromatic carbocycles. The molecule has 20 heavy (non-hydrogen) atoms. The molecule has 0 bridgehead atoms. The molecule has 1 N–H and O–H groups in total. The molecule has 2 unspecified atom stereocenters. The van der Waals surface area contributed by atoms with Crippen LogP contribution >= 0.6 is 0 Å². The lowest BCUT2D eigenvalue weighted by atomic mass is 9.98. The summed E-state index contributed by atoms with van der Waals surface area (Å²) in [6.45, 7) is 3.85. The fourth-order valence-electron chi connectivity index (χ4n) is 2.79. The number of benzene rings is 1. The molecule has 0 spiro atoms. The summed E-state index contributed by atoms with van der Waals surface area (Å²) in [4.78, 5) is 0. The highest BCUT2D eigenvalue weighted by Gasteiger charge is 2.19. The highest BCUT2D eigenvalue weighted by Crippen LogP contribution is 2.30. The first kappa shape index (κ1) is 15.3. The van der Waals surface area contributed by atoms with Crippen molar-refractivity contribution in [1.82, 2.24) is 5.32 Å². The van der Waals surface area contributed by atoms with Gasteiger partial charge in [0.15, 0.2) is 0 Å². The van der Waals surface area contributed by atoms with Crippen LogP contribution in [0.1, 0.15) is 50.6 Å². The van der Waals surface area contributed by atoms with E-state index in [2.05, 4.69) is 30.4 Å². The van der Waals surface area contributed by atoms with Crippen LogP contribution in [-0.4, -0.2) is 26.4 Å². The van der Waals surface area contributed by atoms with Gasteiger partial charge >= 0.3 is 0 Å². The quantitative estimate of drug-likeness (QED) is 0.786. The van der Waals surface area contributed by atoms with E-state index in [-0.39, 0.29) is 0 Å². The number of hydrogen-bond acceptors (Lipinski definition) is 3. The second-order valence-corrected chi connectivity index (χ2v) is 5.44. The van der Waals surface area contributed by atoms with Gasteiger partial charge in [0.25, 0.3) is 0 Å². The van der Waals surface area contributed by atoms with E-state index in [1.807, 2.05) is 13.1 Å². The molecular weight excluding hydrogens is 250 g/mol. The van der Waals surface area contributed by atoms with E-state index in [9.17, 15) is 0 Å². The maximum absolute atomic E-state index is 5.87. The molecule has 1 aromatic rings. The van der Waals surface area contributed by atoms with Gasteiger partial charge in [0.05, 0.1) is 12.7 Å². The zero-order valence-corrected chi connectivity index (χ0v) is 12.7. The lowest BCUT2D eigenvalue weighted by Gasteiger charge is -2.21. The second-order valence-electron chi connectivity index (χ2n) is 5.44. The van der Waals surface area contributed by atoms with E-state index in [0.29, 0.717) is 12.1 Å². The summed E-state index contributed by atoms with van der Waals surface area (Å²) in [5.74, 6) is 1.01. The van der Waals surface area contributed by atoms with Crippen molar-refractivity contribution in [1.29, 1.82) is 0 Å². The van der Waals surface area contributed by atoms with Gasteiger partial charge in [-0.15, -0.1) is 0 Å². The van der Waals surface area contributed by atoms with Crippen LogP contribution in [0.25, 0.3) is 0 Å². The minimum Gasteiger partial charge on any atom is -0.493 e. The van der Waals surface area contributed by atoms with Crippen LogP contribution in [0.5, 0.6) is 5.75 Å². The Kier molecular flexibility index (Phi) is 6.34. The maximum atomic E-state index is 5.87. The fourth-order valence-corrected chi connectivity index (χ4v) is 2.79. The Labute approximate surface area is 122 Å².